The van der Waals surface area contributed by atoms with Crippen LogP contribution in [0.15, 0.2) is 48.7 Å². The Kier molecular flexibility index (Phi) is 3.25. The number of nitrogens with zero attached hydrogens (tertiary/aromatic N) is 2. The number of pyridine rings is 2. The molecule has 0 aliphatic rings. The van der Waals surface area contributed by atoms with Crippen LogP contribution in [-0.2, 0) is 5.41 Å². The number of hydrogen-bond donors (Lipinski definition) is 0. The summed E-state index contributed by atoms with van der Waals surface area (Å²) in [6.45, 7) is 13.6. The van der Waals surface area contributed by atoms with E-state index < -0.39 is 0 Å². The Balaban J connectivity index is 2.11. The van der Waals surface area contributed by atoms with Crippen molar-refractivity contribution in [1.82, 2.24) is 9.38 Å². The summed E-state index contributed by atoms with van der Waals surface area (Å²) in [6, 6.07) is 16.1. The standard InChI is InChI=1S/C28H26N2/c1-15-7-8-19-22(13-15)30-26-17(3)11-16(2)12-20(26)25-23-18(9-10-29-25)14-21(28(4,5)6)24(19)27(23)30/h7-14H,1-6H3. The largest absolute Gasteiger partial charge is 0.308 e. The van der Waals surface area contributed by atoms with Crippen LogP contribution < -0.4 is 0 Å². The summed E-state index contributed by atoms with van der Waals surface area (Å²) in [5, 5.41) is 6.53. The molecule has 0 bridgehead atoms. The third kappa shape index (κ3) is 2.11. The first-order valence-corrected chi connectivity index (χ1v) is 10.7. The minimum Gasteiger partial charge on any atom is -0.308 e. The lowest BCUT2D eigenvalue weighted by Crippen LogP contribution is -2.12. The van der Waals surface area contributed by atoms with E-state index in [1.807, 2.05) is 6.20 Å². The molecule has 0 aliphatic carbocycles. The zero-order valence-electron chi connectivity index (χ0n) is 18.5. The first kappa shape index (κ1) is 17.7. The molecule has 0 fully saturated rings. The molecule has 0 radical (unpaired) electrons. The quantitative estimate of drug-likeness (QED) is 0.193. The van der Waals surface area contributed by atoms with Gasteiger partial charge in [0.25, 0.3) is 0 Å². The van der Waals surface area contributed by atoms with Gasteiger partial charge in [0.15, 0.2) is 0 Å². The Bertz CT molecular complexity index is 1640. The second-order valence-corrected chi connectivity index (χ2v) is 9.99. The molecule has 0 saturated heterocycles. The summed E-state index contributed by atoms with van der Waals surface area (Å²) in [6.07, 6.45) is 1.97. The highest BCUT2D eigenvalue weighted by molar-refractivity contribution is 6.28. The first-order valence-electron chi connectivity index (χ1n) is 10.7. The maximum absolute atomic E-state index is 4.91. The summed E-state index contributed by atoms with van der Waals surface area (Å²) < 4.78 is 2.52. The van der Waals surface area contributed by atoms with Crippen molar-refractivity contribution in [3.8, 4) is 0 Å². The third-order valence-corrected chi connectivity index (χ3v) is 6.64. The summed E-state index contributed by atoms with van der Waals surface area (Å²) in [5.74, 6) is 0. The van der Waals surface area contributed by atoms with Gasteiger partial charge < -0.3 is 4.40 Å². The summed E-state index contributed by atoms with van der Waals surface area (Å²) in [5.41, 5.74) is 10.3. The fraction of sp³-hybridized carbons (Fsp3) is 0.250. The molecule has 0 spiro atoms. The van der Waals surface area contributed by atoms with Crippen molar-refractivity contribution in [2.24, 2.45) is 0 Å². The van der Waals surface area contributed by atoms with Crippen LogP contribution in [0.4, 0.5) is 0 Å². The van der Waals surface area contributed by atoms with Gasteiger partial charge in [0.1, 0.15) is 0 Å². The molecular weight excluding hydrogens is 364 g/mol. The van der Waals surface area contributed by atoms with Crippen molar-refractivity contribution < 1.29 is 0 Å². The van der Waals surface area contributed by atoms with Gasteiger partial charge in [-0.25, -0.2) is 0 Å². The Morgan fingerprint density at radius 2 is 1.57 bits per heavy atom. The highest BCUT2D eigenvalue weighted by Gasteiger charge is 2.26. The van der Waals surface area contributed by atoms with E-state index in [2.05, 4.69) is 88.4 Å². The van der Waals surface area contributed by atoms with Crippen LogP contribution in [-0.4, -0.2) is 9.38 Å². The molecule has 0 aliphatic heterocycles. The molecule has 0 unspecified atom stereocenters. The molecule has 0 amide bonds. The van der Waals surface area contributed by atoms with Gasteiger partial charge in [-0.3, -0.25) is 4.98 Å². The van der Waals surface area contributed by atoms with Crippen LogP contribution >= 0.6 is 0 Å². The highest BCUT2D eigenvalue weighted by atomic mass is 14.9. The molecule has 6 aromatic rings. The van der Waals surface area contributed by atoms with Crippen LogP contribution in [0.25, 0.3) is 49.0 Å². The van der Waals surface area contributed by atoms with E-state index in [-0.39, 0.29) is 5.41 Å². The molecule has 6 rings (SSSR count). The van der Waals surface area contributed by atoms with E-state index >= 15 is 0 Å². The van der Waals surface area contributed by atoms with Crippen LogP contribution in [0, 0.1) is 20.8 Å². The SMILES string of the molecule is Cc1cc(C)c2c(c1)c1nccc3cc(C(C)(C)C)c4c5ccc(C)cc5n2c4c31. The molecule has 3 aromatic heterocycles. The van der Waals surface area contributed by atoms with Crippen LogP contribution in [0.1, 0.15) is 43.0 Å². The van der Waals surface area contributed by atoms with Gasteiger partial charge in [-0.05, 0) is 72.5 Å². The van der Waals surface area contributed by atoms with Crippen molar-refractivity contribution >= 4 is 49.0 Å². The molecule has 0 saturated carbocycles. The van der Waals surface area contributed by atoms with Crippen molar-refractivity contribution in [2.75, 3.05) is 0 Å². The molecule has 30 heavy (non-hydrogen) atoms. The van der Waals surface area contributed by atoms with Crippen molar-refractivity contribution in [3.05, 3.63) is 70.9 Å². The zero-order valence-corrected chi connectivity index (χ0v) is 18.5. The molecule has 148 valence electrons. The van der Waals surface area contributed by atoms with Crippen molar-refractivity contribution in [2.45, 2.75) is 47.0 Å². The van der Waals surface area contributed by atoms with Crippen LogP contribution in [0.5, 0.6) is 0 Å². The molecule has 3 heterocycles. The Morgan fingerprint density at radius 1 is 0.767 bits per heavy atom. The van der Waals surface area contributed by atoms with E-state index in [1.54, 1.807) is 0 Å². The predicted molar refractivity (Wildman–Crippen MR) is 129 cm³/mol. The van der Waals surface area contributed by atoms with E-state index in [4.69, 9.17) is 4.98 Å². The van der Waals surface area contributed by atoms with Gasteiger partial charge in [0.05, 0.1) is 22.1 Å². The number of aromatic nitrogens is 2. The average molecular weight is 391 g/mol. The van der Waals surface area contributed by atoms with E-state index in [0.717, 1.165) is 5.52 Å². The number of fused-ring (bicyclic) bond motifs is 6. The van der Waals surface area contributed by atoms with Gasteiger partial charge in [0.2, 0.25) is 0 Å². The fourth-order valence-electron chi connectivity index (χ4n) is 5.45. The monoisotopic (exact) mass is 390 g/mol. The lowest BCUT2D eigenvalue weighted by atomic mass is 9.82. The van der Waals surface area contributed by atoms with E-state index in [1.165, 1.54) is 65.7 Å². The van der Waals surface area contributed by atoms with Gasteiger partial charge in [-0.15, -0.1) is 0 Å². The van der Waals surface area contributed by atoms with Crippen LogP contribution in [0.3, 0.4) is 0 Å². The van der Waals surface area contributed by atoms with Gasteiger partial charge >= 0.3 is 0 Å². The van der Waals surface area contributed by atoms with Crippen molar-refractivity contribution in [3.63, 3.8) is 0 Å². The molecule has 0 N–H and O–H groups in total. The molecule has 2 nitrogen and oxygen atoms in total. The summed E-state index contributed by atoms with van der Waals surface area (Å²) >= 11 is 0. The molecule has 0 atom stereocenters. The Morgan fingerprint density at radius 3 is 2.33 bits per heavy atom. The molecule has 3 aromatic carbocycles. The Hall–Kier alpha value is -3.13. The second kappa shape index (κ2) is 5.51. The number of aryl methyl sites for hydroxylation is 3. The molecular formula is C28H26N2. The average Bonchev–Trinajstić information content (AvgIpc) is 3.00. The number of rotatable bonds is 0. The van der Waals surface area contributed by atoms with Crippen LogP contribution in [0.2, 0.25) is 0 Å². The van der Waals surface area contributed by atoms with Gasteiger partial charge in [-0.1, -0.05) is 44.5 Å². The smallest absolute Gasteiger partial charge is 0.0822 e. The fourth-order valence-corrected chi connectivity index (χ4v) is 5.45. The topological polar surface area (TPSA) is 17.3 Å². The second-order valence-electron chi connectivity index (χ2n) is 9.99. The normalized spacial score (nSPS) is 13.0. The minimum atomic E-state index is 0.0459. The lowest BCUT2D eigenvalue weighted by molar-refractivity contribution is 0.597. The predicted octanol–water partition coefficient (Wildman–Crippen LogP) is 7.61. The maximum atomic E-state index is 4.91. The number of benzene rings is 3. The van der Waals surface area contributed by atoms with E-state index in [9.17, 15) is 0 Å². The van der Waals surface area contributed by atoms with E-state index in [0.29, 0.717) is 0 Å². The zero-order chi connectivity index (χ0) is 20.9. The lowest BCUT2D eigenvalue weighted by Gasteiger charge is -2.23. The van der Waals surface area contributed by atoms with Crippen molar-refractivity contribution in [1.29, 1.82) is 0 Å². The maximum Gasteiger partial charge on any atom is 0.0822 e. The number of hydrogen-bond acceptors (Lipinski definition) is 1. The van der Waals surface area contributed by atoms with Gasteiger partial charge in [0, 0.05) is 27.7 Å². The highest BCUT2D eigenvalue weighted by Crippen LogP contribution is 2.45. The first-order chi connectivity index (χ1) is 14.3. The minimum absolute atomic E-state index is 0.0459. The third-order valence-electron chi connectivity index (χ3n) is 6.64. The summed E-state index contributed by atoms with van der Waals surface area (Å²) in [7, 11) is 0. The molecule has 2 heteroatoms. The van der Waals surface area contributed by atoms with Gasteiger partial charge in [-0.2, -0.15) is 0 Å². The summed E-state index contributed by atoms with van der Waals surface area (Å²) in [4.78, 5) is 4.91. The Labute approximate surface area is 176 Å².